The summed E-state index contributed by atoms with van der Waals surface area (Å²) in [4.78, 5) is 12.6. The lowest BCUT2D eigenvalue weighted by molar-refractivity contribution is -0.137. The predicted octanol–water partition coefficient (Wildman–Crippen LogP) is 2.82. The number of hydrogen-bond acceptors (Lipinski definition) is 5. The van der Waals surface area contributed by atoms with Crippen LogP contribution in [0.25, 0.3) is 0 Å². The van der Waals surface area contributed by atoms with Crippen LogP contribution in [-0.2, 0) is 21.0 Å². The summed E-state index contributed by atoms with van der Waals surface area (Å²) in [5.41, 5.74) is -1.27. The number of sulfonamides is 1. The summed E-state index contributed by atoms with van der Waals surface area (Å²) >= 11 is 0. The number of nitrogens with one attached hydrogen (secondary N) is 1. The third-order valence-electron chi connectivity index (χ3n) is 4.59. The van der Waals surface area contributed by atoms with Gasteiger partial charge in [-0.3, -0.25) is 9.10 Å². The van der Waals surface area contributed by atoms with E-state index in [-0.39, 0.29) is 18.8 Å². The van der Waals surface area contributed by atoms with Crippen molar-refractivity contribution in [2.75, 3.05) is 23.7 Å². The molecule has 31 heavy (non-hydrogen) atoms. The number of fused-ring (bicyclic) bond motifs is 1. The molecule has 0 unspecified atom stereocenters. The van der Waals surface area contributed by atoms with Gasteiger partial charge in [-0.25, -0.2) is 8.42 Å². The van der Waals surface area contributed by atoms with Crippen molar-refractivity contribution in [3.05, 3.63) is 54.1 Å². The molecule has 1 heterocycles. The Labute approximate surface area is 177 Å². The third kappa shape index (κ3) is 5.40. The zero-order chi connectivity index (χ0) is 22.8. The minimum absolute atomic E-state index is 0.0255. The van der Waals surface area contributed by atoms with Gasteiger partial charge in [-0.1, -0.05) is 18.2 Å². The van der Waals surface area contributed by atoms with E-state index in [2.05, 4.69) is 5.32 Å². The molecule has 1 aliphatic rings. The van der Waals surface area contributed by atoms with E-state index in [9.17, 15) is 26.4 Å². The number of benzene rings is 2. The van der Waals surface area contributed by atoms with Crippen molar-refractivity contribution < 1.29 is 35.9 Å². The highest BCUT2D eigenvalue weighted by molar-refractivity contribution is 7.92. The van der Waals surface area contributed by atoms with Crippen LogP contribution in [0.1, 0.15) is 12.5 Å². The first-order valence-electron chi connectivity index (χ1n) is 9.29. The first kappa shape index (κ1) is 22.7. The van der Waals surface area contributed by atoms with Crippen LogP contribution in [0.5, 0.6) is 11.5 Å². The largest absolute Gasteiger partial charge is 0.486 e. The first-order valence-corrected chi connectivity index (χ1v) is 11.1. The number of hydrogen-bond donors (Lipinski definition) is 1. The van der Waals surface area contributed by atoms with Gasteiger partial charge in [-0.15, -0.1) is 0 Å². The number of anilines is 1. The monoisotopic (exact) mass is 458 g/mol. The fourth-order valence-electron chi connectivity index (χ4n) is 3.15. The van der Waals surface area contributed by atoms with Crippen LogP contribution in [0, 0.1) is 0 Å². The van der Waals surface area contributed by atoms with Crippen molar-refractivity contribution in [3.63, 3.8) is 0 Å². The smallest absolute Gasteiger partial charge is 0.416 e. The molecule has 2 aromatic carbocycles. The molecule has 168 valence electrons. The number of ether oxygens (including phenoxy) is 2. The minimum Gasteiger partial charge on any atom is -0.486 e. The molecule has 2 atom stereocenters. The summed E-state index contributed by atoms with van der Waals surface area (Å²) < 4.78 is 75.7. The number of carbonyl (C=O) groups is 1. The maximum atomic E-state index is 13.0. The molecule has 0 fully saturated rings. The molecule has 1 amide bonds. The van der Waals surface area contributed by atoms with E-state index >= 15 is 0 Å². The molecule has 0 saturated carbocycles. The Kier molecular flexibility index (Phi) is 6.35. The molecule has 0 aromatic heterocycles. The normalized spacial score (nSPS) is 17.0. The molecule has 0 saturated heterocycles. The van der Waals surface area contributed by atoms with Gasteiger partial charge in [0, 0.05) is 0 Å². The summed E-state index contributed by atoms with van der Waals surface area (Å²) in [6, 6.07) is 9.53. The summed E-state index contributed by atoms with van der Waals surface area (Å²) in [5.74, 6) is 0.402. The Morgan fingerprint density at radius 2 is 1.87 bits per heavy atom. The van der Waals surface area contributed by atoms with Crippen molar-refractivity contribution in [2.24, 2.45) is 0 Å². The number of para-hydroxylation sites is 2. The summed E-state index contributed by atoms with van der Waals surface area (Å²) in [6.45, 7) is 1.50. The number of nitrogens with zero attached hydrogens (tertiary/aromatic N) is 1. The van der Waals surface area contributed by atoms with Crippen LogP contribution >= 0.6 is 0 Å². The van der Waals surface area contributed by atoms with Gasteiger partial charge in [0.2, 0.25) is 15.9 Å². The lowest BCUT2D eigenvalue weighted by Gasteiger charge is -2.30. The number of halogens is 3. The molecule has 0 radical (unpaired) electrons. The first-order chi connectivity index (χ1) is 14.5. The van der Waals surface area contributed by atoms with Crippen LogP contribution in [0.4, 0.5) is 18.9 Å². The van der Waals surface area contributed by atoms with Crippen molar-refractivity contribution in [2.45, 2.75) is 25.2 Å². The average molecular weight is 458 g/mol. The highest BCUT2D eigenvalue weighted by atomic mass is 32.2. The van der Waals surface area contributed by atoms with Gasteiger partial charge in [0.15, 0.2) is 11.5 Å². The molecular formula is C20H21F3N2O5S. The molecule has 1 aliphatic heterocycles. The van der Waals surface area contributed by atoms with Gasteiger partial charge < -0.3 is 14.8 Å². The standard InChI is InChI=1S/C20H21F3N2O5S/c1-13(19(26)24-11-16-12-29-17-8-3-4-9-18(17)30-16)25(31(2,27)28)15-7-5-6-14(10-15)20(21,22)23/h3-10,13,16H,11-12H2,1-2H3,(H,24,26)/t13-,16+/m1/s1. The SMILES string of the molecule is C[C@H](C(=O)NC[C@H]1COc2ccccc2O1)N(c1cccc(C(F)(F)F)c1)S(C)(=O)=O. The van der Waals surface area contributed by atoms with Crippen LogP contribution in [0.15, 0.2) is 48.5 Å². The maximum Gasteiger partial charge on any atom is 0.416 e. The molecule has 2 aromatic rings. The van der Waals surface area contributed by atoms with Crippen molar-refractivity contribution >= 4 is 21.6 Å². The van der Waals surface area contributed by atoms with E-state index in [0.717, 1.165) is 18.4 Å². The van der Waals surface area contributed by atoms with Crippen LogP contribution < -0.4 is 19.1 Å². The summed E-state index contributed by atoms with van der Waals surface area (Å²) in [7, 11) is -4.06. The Bertz CT molecular complexity index is 1060. The third-order valence-corrected chi connectivity index (χ3v) is 5.83. The molecular weight excluding hydrogens is 437 g/mol. The fourth-order valence-corrected chi connectivity index (χ4v) is 4.32. The second-order valence-electron chi connectivity index (χ2n) is 7.03. The van der Waals surface area contributed by atoms with E-state index in [4.69, 9.17) is 9.47 Å². The van der Waals surface area contributed by atoms with Gasteiger partial charge in [0.25, 0.3) is 0 Å². The lowest BCUT2D eigenvalue weighted by Crippen LogP contribution is -2.50. The fraction of sp³-hybridized carbons (Fsp3) is 0.350. The topological polar surface area (TPSA) is 84.9 Å². The molecule has 7 nitrogen and oxygen atoms in total. The van der Waals surface area contributed by atoms with Crippen LogP contribution in [0.3, 0.4) is 0 Å². The van der Waals surface area contributed by atoms with Crippen molar-refractivity contribution in [1.29, 1.82) is 0 Å². The summed E-state index contributed by atoms with van der Waals surface area (Å²) in [6.07, 6.45) is -4.34. The molecule has 3 rings (SSSR count). The Morgan fingerprint density at radius 1 is 1.19 bits per heavy atom. The van der Waals surface area contributed by atoms with Gasteiger partial charge in [-0.2, -0.15) is 13.2 Å². The van der Waals surface area contributed by atoms with E-state index in [1.165, 1.54) is 13.0 Å². The zero-order valence-electron chi connectivity index (χ0n) is 16.7. The Morgan fingerprint density at radius 3 is 2.52 bits per heavy atom. The molecule has 0 aliphatic carbocycles. The zero-order valence-corrected chi connectivity index (χ0v) is 17.5. The van der Waals surface area contributed by atoms with Crippen LogP contribution in [0.2, 0.25) is 0 Å². The molecule has 11 heteroatoms. The van der Waals surface area contributed by atoms with E-state index in [1.54, 1.807) is 24.3 Å². The molecule has 0 bridgehead atoms. The van der Waals surface area contributed by atoms with E-state index < -0.39 is 39.8 Å². The van der Waals surface area contributed by atoms with E-state index in [1.807, 2.05) is 0 Å². The summed E-state index contributed by atoms with van der Waals surface area (Å²) in [5, 5.41) is 2.58. The predicted molar refractivity (Wildman–Crippen MR) is 108 cm³/mol. The van der Waals surface area contributed by atoms with Crippen molar-refractivity contribution in [3.8, 4) is 11.5 Å². The van der Waals surface area contributed by atoms with Gasteiger partial charge in [0.05, 0.1) is 24.1 Å². The minimum atomic E-state index is -4.65. The van der Waals surface area contributed by atoms with Crippen LogP contribution in [-0.4, -0.2) is 45.9 Å². The molecule has 1 N–H and O–H groups in total. The quantitative estimate of drug-likeness (QED) is 0.720. The Balaban J connectivity index is 1.72. The number of amides is 1. The van der Waals surface area contributed by atoms with Gasteiger partial charge >= 0.3 is 6.18 Å². The van der Waals surface area contributed by atoms with Gasteiger partial charge in [-0.05, 0) is 37.3 Å². The number of alkyl halides is 3. The lowest BCUT2D eigenvalue weighted by atomic mass is 10.1. The number of rotatable bonds is 6. The van der Waals surface area contributed by atoms with E-state index in [0.29, 0.717) is 21.9 Å². The Hall–Kier alpha value is -2.95. The average Bonchev–Trinajstić information content (AvgIpc) is 2.70. The maximum absolute atomic E-state index is 13.0. The van der Waals surface area contributed by atoms with Crippen molar-refractivity contribution in [1.82, 2.24) is 5.32 Å². The highest BCUT2D eigenvalue weighted by Crippen LogP contribution is 2.33. The second kappa shape index (κ2) is 8.66. The molecule has 0 spiro atoms. The highest BCUT2D eigenvalue weighted by Gasteiger charge is 2.34. The van der Waals surface area contributed by atoms with Gasteiger partial charge in [0.1, 0.15) is 18.8 Å². The second-order valence-corrected chi connectivity index (χ2v) is 8.89. The number of carbonyl (C=O) groups excluding carboxylic acids is 1.